The molecule has 0 spiro atoms. The SMILES string of the molecule is Cc1c(CN2CCN=C2NC(=O)O)sc2c1c(=O)n(C(C)C)c(=O)n2CC1CCO1. The van der Waals surface area contributed by atoms with Crippen LogP contribution in [0.15, 0.2) is 14.6 Å². The zero-order chi connectivity index (χ0) is 21.6. The molecular formula is C19H25N5O5S. The Morgan fingerprint density at radius 3 is 2.73 bits per heavy atom. The Hall–Kier alpha value is -2.66. The molecule has 1 fully saturated rings. The average molecular weight is 436 g/mol. The summed E-state index contributed by atoms with van der Waals surface area (Å²) in [4.78, 5) is 44.9. The van der Waals surface area contributed by atoms with Crippen molar-refractivity contribution in [1.82, 2.24) is 19.4 Å². The summed E-state index contributed by atoms with van der Waals surface area (Å²) in [5.74, 6) is 0.305. The maximum Gasteiger partial charge on any atom is 0.411 e. The van der Waals surface area contributed by atoms with Crippen LogP contribution in [0, 0.1) is 6.92 Å². The average Bonchev–Trinajstić information content (AvgIpc) is 3.18. The highest BCUT2D eigenvalue weighted by Gasteiger charge is 2.27. The molecule has 1 saturated heterocycles. The van der Waals surface area contributed by atoms with Gasteiger partial charge in [-0.3, -0.25) is 24.2 Å². The van der Waals surface area contributed by atoms with E-state index < -0.39 is 6.09 Å². The molecule has 2 aromatic rings. The Morgan fingerprint density at radius 2 is 2.13 bits per heavy atom. The summed E-state index contributed by atoms with van der Waals surface area (Å²) in [5, 5.41) is 11.9. The van der Waals surface area contributed by atoms with Gasteiger partial charge in [0.2, 0.25) is 5.96 Å². The van der Waals surface area contributed by atoms with Crippen molar-refractivity contribution in [3.05, 3.63) is 31.3 Å². The molecule has 0 aliphatic carbocycles. The van der Waals surface area contributed by atoms with Gasteiger partial charge in [0.25, 0.3) is 5.56 Å². The molecule has 4 heterocycles. The lowest BCUT2D eigenvalue weighted by atomic mass is 10.1. The summed E-state index contributed by atoms with van der Waals surface area (Å²) < 4.78 is 8.50. The zero-order valence-corrected chi connectivity index (χ0v) is 18.0. The van der Waals surface area contributed by atoms with Gasteiger partial charge in [-0.2, -0.15) is 0 Å². The highest BCUT2D eigenvalue weighted by molar-refractivity contribution is 7.18. The molecule has 2 aliphatic rings. The summed E-state index contributed by atoms with van der Waals surface area (Å²) >= 11 is 1.41. The van der Waals surface area contributed by atoms with Crippen molar-refractivity contribution in [3.63, 3.8) is 0 Å². The number of aliphatic imine (C=N–C) groups is 1. The number of nitrogens with one attached hydrogen (secondary N) is 1. The van der Waals surface area contributed by atoms with Gasteiger partial charge < -0.3 is 14.7 Å². The lowest BCUT2D eigenvalue weighted by Gasteiger charge is -2.27. The summed E-state index contributed by atoms with van der Waals surface area (Å²) in [6.45, 7) is 8.14. The maximum absolute atomic E-state index is 13.2. The van der Waals surface area contributed by atoms with Crippen LogP contribution >= 0.6 is 11.3 Å². The number of hydrogen-bond acceptors (Lipinski definition) is 7. The number of guanidine groups is 1. The molecule has 1 atom stereocenters. The molecule has 0 saturated carbocycles. The number of aromatic nitrogens is 2. The van der Waals surface area contributed by atoms with Crippen molar-refractivity contribution in [2.24, 2.45) is 4.99 Å². The molecule has 1 amide bonds. The van der Waals surface area contributed by atoms with E-state index in [2.05, 4.69) is 10.3 Å². The monoisotopic (exact) mass is 435 g/mol. The first-order valence-corrected chi connectivity index (χ1v) is 10.8. The van der Waals surface area contributed by atoms with Crippen LogP contribution in [0.1, 0.15) is 36.8 Å². The first-order valence-electron chi connectivity index (χ1n) is 9.96. The fraction of sp³-hybridized carbons (Fsp3) is 0.579. The van der Waals surface area contributed by atoms with Crippen LogP contribution in [0.2, 0.25) is 0 Å². The second-order valence-electron chi connectivity index (χ2n) is 7.83. The van der Waals surface area contributed by atoms with E-state index in [0.29, 0.717) is 49.0 Å². The van der Waals surface area contributed by atoms with Crippen molar-refractivity contribution in [2.75, 3.05) is 19.7 Å². The van der Waals surface area contributed by atoms with Crippen LogP contribution < -0.4 is 16.6 Å². The lowest BCUT2D eigenvalue weighted by molar-refractivity contribution is -0.0593. The van der Waals surface area contributed by atoms with Gasteiger partial charge in [-0.1, -0.05) is 0 Å². The van der Waals surface area contributed by atoms with Crippen molar-refractivity contribution in [3.8, 4) is 0 Å². The molecule has 0 radical (unpaired) electrons. The molecule has 30 heavy (non-hydrogen) atoms. The van der Waals surface area contributed by atoms with Crippen LogP contribution in [0.4, 0.5) is 4.79 Å². The number of thiophene rings is 1. The van der Waals surface area contributed by atoms with Gasteiger partial charge in [-0.25, -0.2) is 9.59 Å². The predicted octanol–water partition coefficient (Wildman–Crippen LogP) is 1.34. The second kappa shape index (κ2) is 7.88. The first kappa shape index (κ1) is 20.6. The standard InChI is InChI=1S/C19H25N5O5S/c1-10(2)24-15(25)14-11(3)13(9-22-6-5-20-17(22)21-18(26)27)30-16(14)23(19(24)28)8-12-4-7-29-12/h10,12H,4-9H2,1-3H3,(H,20,21)(H,26,27). The molecule has 11 heteroatoms. The van der Waals surface area contributed by atoms with Crippen LogP contribution in [0.25, 0.3) is 10.2 Å². The highest BCUT2D eigenvalue weighted by atomic mass is 32.1. The van der Waals surface area contributed by atoms with Crippen LogP contribution in [0.5, 0.6) is 0 Å². The third-order valence-corrected chi connectivity index (χ3v) is 6.82. The van der Waals surface area contributed by atoms with Crippen LogP contribution in [0.3, 0.4) is 0 Å². The Balaban J connectivity index is 1.80. The fourth-order valence-electron chi connectivity index (χ4n) is 3.83. The predicted molar refractivity (Wildman–Crippen MR) is 114 cm³/mol. The topological polar surface area (TPSA) is 118 Å². The van der Waals surface area contributed by atoms with Gasteiger partial charge in [0.15, 0.2) is 0 Å². The van der Waals surface area contributed by atoms with E-state index in [4.69, 9.17) is 9.84 Å². The van der Waals surface area contributed by atoms with Gasteiger partial charge >= 0.3 is 11.8 Å². The van der Waals surface area contributed by atoms with Gasteiger partial charge in [-0.15, -0.1) is 11.3 Å². The summed E-state index contributed by atoms with van der Waals surface area (Å²) in [7, 11) is 0. The minimum absolute atomic E-state index is 0.0213. The van der Waals surface area contributed by atoms with Crippen molar-refractivity contribution >= 4 is 33.6 Å². The third kappa shape index (κ3) is 3.52. The largest absolute Gasteiger partial charge is 0.465 e. The molecule has 0 aromatic carbocycles. The molecule has 10 nitrogen and oxygen atoms in total. The molecule has 2 aliphatic heterocycles. The molecular weight excluding hydrogens is 410 g/mol. The first-order chi connectivity index (χ1) is 14.3. The van der Waals surface area contributed by atoms with E-state index in [9.17, 15) is 14.4 Å². The van der Waals surface area contributed by atoms with Crippen molar-refractivity contribution < 1.29 is 14.6 Å². The molecule has 4 rings (SSSR count). The number of hydrogen-bond donors (Lipinski definition) is 2. The Morgan fingerprint density at radius 1 is 1.40 bits per heavy atom. The van der Waals surface area contributed by atoms with Crippen molar-refractivity contribution in [2.45, 2.75) is 52.4 Å². The van der Waals surface area contributed by atoms with Gasteiger partial charge in [0, 0.05) is 24.1 Å². The van der Waals surface area contributed by atoms with E-state index in [1.54, 1.807) is 4.57 Å². The minimum Gasteiger partial charge on any atom is -0.465 e. The highest BCUT2D eigenvalue weighted by Crippen LogP contribution is 2.30. The van der Waals surface area contributed by atoms with Gasteiger partial charge in [-0.05, 0) is 32.8 Å². The maximum atomic E-state index is 13.2. The van der Waals surface area contributed by atoms with E-state index in [1.165, 1.54) is 15.9 Å². The number of carboxylic acid groups (broad SMARTS) is 1. The Kier molecular flexibility index (Phi) is 5.41. The molecule has 1 unspecified atom stereocenters. The summed E-state index contributed by atoms with van der Waals surface area (Å²) in [6, 6.07) is -0.261. The van der Waals surface area contributed by atoms with Gasteiger partial charge in [0.05, 0.1) is 31.1 Å². The van der Waals surface area contributed by atoms with E-state index in [-0.39, 0.29) is 23.4 Å². The van der Waals surface area contributed by atoms with Crippen LogP contribution in [-0.4, -0.2) is 57.0 Å². The van der Waals surface area contributed by atoms with E-state index in [1.807, 2.05) is 25.7 Å². The van der Waals surface area contributed by atoms with Crippen LogP contribution in [-0.2, 0) is 17.8 Å². The number of nitrogens with zero attached hydrogens (tertiary/aromatic N) is 4. The van der Waals surface area contributed by atoms with E-state index in [0.717, 1.165) is 16.9 Å². The molecule has 2 N–H and O–H groups in total. The second-order valence-corrected chi connectivity index (χ2v) is 8.91. The Labute approximate surface area is 176 Å². The quantitative estimate of drug-likeness (QED) is 0.732. The Bertz CT molecular complexity index is 1140. The fourth-order valence-corrected chi connectivity index (χ4v) is 5.15. The van der Waals surface area contributed by atoms with E-state index >= 15 is 0 Å². The number of carbonyl (C=O) groups is 1. The number of ether oxygens (including phenoxy) is 1. The number of rotatable bonds is 5. The smallest absolute Gasteiger partial charge is 0.411 e. The number of fused-ring (bicyclic) bond motifs is 1. The summed E-state index contributed by atoms with van der Waals surface area (Å²) in [5.41, 5.74) is 0.218. The number of amides is 1. The lowest BCUT2D eigenvalue weighted by Crippen LogP contribution is -2.44. The van der Waals surface area contributed by atoms with Crippen molar-refractivity contribution in [1.29, 1.82) is 0 Å². The minimum atomic E-state index is -1.16. The number of aryl methyl sites for hydroxylation is 1. The third-order valence-electron chi connectivity index (χ3n) is 5.52. The molecule has 0 bridgehead atoms. The normalized spacial score (nSPS) is 18.7. The summed E-state index contributed by atoms with van der Waals surface area (Å²) in [6.07, 6.45) is -0.296. The molecule has 162 valence electrons. The molecule has 2 aromatic heterocycles. The van der Waals surface area contributed by atoms with Gasteiger partial charge in [0.1, 0.15) is 4.83 Å². The zero-order valence-electron chi connectivity index (χ0n) is 17.2.